The number of halogens is 1. The van der Waals surface area contributed by atoms with E-state index in [0.29, 0.717) is 41.1 Å². The monoisotopic (exact) mass is 684 g/mol. The normalized spacial score (nSPS) is 15.7. The summed E-state index contributed by atoms with van der Waals surface area (Å²) in [5.74, 6) is -0.437. The first kappa shape index (κ1) is 33.0. The number of hydrogen-bond acceptors (Lipinski definition) is 9. The van der Waals surface area contributed by atoms with Gasteiger partial charge in [0.25, 0.3) is 0 Å². The van der Waals surface area contributed by atoms with Crippen molar-refractivity contribution in [1.29, 1.82) is 0 Å². The molecule has 12 heteroatoms. The van der Waals surface area contributed by atoms with Gasteiger partial charge in [-0.2, -0.15) is 0 Å². The number of hydrogen-bond donors (Lipinski definition) is 1. The van der Waals surface area contributed by atoms with Crippen LogP contribution in [0.1, 0.15) is 55.7 Å². The zero-order valence-electron chi connectivity index (χ0n) is 28.7. The fraction of sp³-hybridized carbons (Fsp3) is 0.405. The molecule has 7 rings (SSSR count). The van der Waals surface area contributed by atoms with Crippen molar-refractivity contribution in [3.05, 3.63) is 70.2 Å². The van der Waals surface area contributed by atoms with E-state index < -0.39 is 23.5 Å². The summed E-state index contributed by atoms with van der Waals surface area (Å²) in [5, 5.41) is 14.3. The summed E-state index contributed by atoms with van der Waals surface area (Å²) < 4.78 is 29.8. The Morgan fingerprint density at radius 3 is 2.53 bits per heavy atom. The molecule has 1 saturated heterocycles. The lowest BCUT2D eigenvalue weighted by atomic mass is 9.86. The molecular formula is C37H41FN6O4S. The SMILES string of the molecule is Cc1nc2c(cc(-c3ccnc(N4CCN(c5nccs5)CC4)c3)n2C)c(-c2cc(F)c3c(c2C)CCCO3)c1C(OC(C)(C)C)C(=O)O. The van der Waals surface area contributed by atoms with Crippen LogP contribution < -0.4 is 14.5 Å². The van der Waals surface area contributed by atoms with Crippen LogP contribution >= 0.6 is 11.3 Å². The largest absolute Gasteiger partial charge is 0.490 e. The number of thiazole rings is 1. The van der Waals surface area contributed by atoms with Crippen LogP contribution in [0.3, 0.4) is 0 Å². The molecule has 0 bridgehead atoms. The van der Waals surface area contributed by atoms with Gasteiger partial charge >= 0.3 is 5.97 Å². The lowest BCUT2D eigenvalue weighted by molar-refractivity contribution is -0.160. The minimum absolute atomic E-state index is 0.280. The van der Waals surface area contributed by atoms with Gasteiger partial charge in [0.05, 0.1) is 17.9 Å². The van der Waals surface area contributed by atoms with E-state index in [-0.39, 0.29) is 5.75 Å². The highest BCUT2D eigenvalue weighted by Gasteiger charge is 2.34. The first-order valence-electron chi connectivity index (χ1n) is 16.6. The molecule has 0 amide bonds. The summed E-state index contributed by atoms with van der Waals surface area (Å²) in [4.78, 5) is 31.7. The predicted octanol–water partition coefficient (Wildman–Crippen LogP) is 7.11. The Labute approximate surface area is 289 Å². The van der Waals surface area contributed by atoms with Gasteiger partial charge in [0.1, 0.15) is 11.5 Å². The number of rotatable bonds is 7. The minimum Gasteiger partial charge on any atom is -0.490 e. The predicted molar refractivity (Wildman–Crippen MR) is 190 cm³/mol. The minimum atomic E-state index is -1.33. The summed E-state index contributed by atoms with van der Waals surface area (Å²) in [6.07, 6.45) is 3.78. The fourth-order valence-electron chi connectivity index (χ4n) is 7.10. The maximum absolute atomic E-state index is 15.8. The maximum Gasteiger partial charge on any atom is 0.337 e. The molecule has 1 unspecified atom stereocenters. The number of anilines is 2. The highest BCUT2D eigenvalue weighted by molar-refractivity contribution is 7.13. The number of aryl methyl sites for hydroxylation is 2. The Morgan fingerprint density at radius 1 is 1.08 bits per heavy atom. The average molecular weight is 685 g/mol. The van der Waals surface area contributed by atoms with Crippen LogP contribution in [0.2, 0.25) is 0 Å². The van der Waals surface area contributed by atoms with E-state index in [1.165, 1.54) is 6.07 Å². The molecule has 1 atom stereocenters. The Kier molecular flexibility index (Phi) is 8.56. The molecule has 0 aliphatic carbocycles. The van der Waals surface area contributed by atoms with Gasteiger partial charge in [-0.1, -0.05) is 0 Å². The van der Waals surface area contributed by atoms with Crippen molar-refractivity contribution in [3.63, 3.8) is 0 Å². The van der Waals surface area contributed by atoms with Crippen molar-refractivity contribution < 1.29 is 23.8 Å². The van der Waals surface area contributed by atoms with Crippen molar-refractivity contribution in [2.75, 3.05) is 42.6 Å². The first-order valence-corrected chi connectivity index (χ1v) is 17.5. The second kappa shape index (κ2) is 12.7. The molecule has 4 aromatic heterocycles. The number of aliphatic carboxylic acids is 1. The third kappa shape index (κ3) is 6.12. The Morgan fingerprint density at radius 2 is 1.84 bits per heavy atom. The van der Waals surface area contributed by atoms with E-state index >= 15 is 4.39 Å². The number of aromatic nitrogens is 4. The third-order valence-electron chi connectivity index (χ3n) is 9.40. The molecule has 1 fully saturated rings. The molecule has 2 aliphatic rings. The summed E-state index contributed by atoms with van der Waals surface area (Å²) in [6, 6.07) is 7.57. The van der Waals surface area contributed by atoms with Crippen LogP contribution in [0.25, 0.3) is 33.4 Å². The van der Waals surface area contributed by atoms with Gasteiger partial charge in [-0.15, -0.1) is 11.3 Å². The van der Waals surface area contributed by atoms with Crippen molar-refractivity contribution in [2.45, 2.75) is 59.2 Å². The molecule has 0 saturated carbocycles. The number of benzene rings is 1. The zero-order valence-corrected chi connectivity index (χ0v) is 29.5. The van der Waals surface area contributed by atoms with Crippen molar-refractivity contribution in [1.82, 2.24) is 19.5 Å². The molecule has 2 aliphatic heterocycles. The number of ether oxygens (including phenoxy) is 2. The average Bonchev–Trinajstić information content (AvgIpc) is 3.73. The molecule has 0 spiro atoms. The lowest BCUT2D eigenvalue weighted by Gasteiger charge is -2.35. The number of pyridine rings is 2. The smallest absolute Gasteiger partial charge is 0.337 e. The quantitative estimate of drug-likeness (QED) is 0.192. The summed E-state index contributed by atoms with van der Waals surface area (Å²) in [6.45, 7) is 13.0. The van der Waals surface area contributed by atoms with E-state index in [1.54, 1.807) is 18.3 Å². The van der Waals surface area contributed by atoms with Gasteiger partial charge in [0.15, 0.2) is 22.8 Å². The van der Waals surface area contributed by atoms with Crippen LogP contribution in [0.4, 0.5) is 15.3 Å². The molecule has 49 heavy (non-hydrogen) atoms. The van der Waals surface area contributed by atoms with Crippen LogP contribution in [0, 0.1) is 19.7 Å². The molecule has 1 N–H and O–H groups in total. The number of fused-ring (bicyclic) bond motifs is 2. The second-order valence-electron chi connectivity index (χ2n) is 13.7. The summed E-state index contributed by atoms with van der Waals surface area (Å²) >= 11 is 1.65. The molecule has 10 nitrogen and oxygen atoms in total. The van der Waals surface area contributed by atoms with Crippen LogP contribution in [-0.4, -0.2) is 69.0 Å². The fourth-order valence-corrected chi connectivity index (χ4v) is 7.80. The number of piperazine rings is 1. The molecular weight excluding hydrogens is 644 g/mol. The molecule has 5 aromatic rings. The van der Waals surface area contributed by atoms with E-state index in [1.807, 2.05) is 69.2 Å². The third-order valence-corrected chi connectivity index (χ3v) is 10.2. The van der Waals surface area contributed by atoms with Crippen LogP contribution in [-0.2, 0) is 23.0 Å². The van der Waals surface area contributed by atoms with Crippen molar-refractivity contribution in [2.24, 2.45) is 7.05 Å². The van der Waals surface area contributed by atoms with Crippen molar-refractivity contribution in [3.8, 4) is 28.1 Å². The molecule has 0 radical (unpaired) electrons. The van der Waals surface area contributed by atoms with Crippen LogP contribution in [0.5, 0.6) is 5.75 Å². The van der Waals surface area contributed by atoms with E-state index in [4.69, 9.17) is 19.4 Å². The number of nitrogens with zero attached hydrogens (tertiary/aromatic N) is 6. The number of carboxylic acid groups (broad SMARTS) is 1. The highest BCUT2D eigenvalue weighted by Crippen LogP contribution is 2.45. The first-order chi connectivity index (χ1) is 23.4. The van der Waals surface area contributed by atoms with Gasteiger partial charge in [-0.25, -0.2) is 24.1 Å². The van der Waals surface area contributed by atoms with Crippen LogP contribution in [0.15, 0.2) is 42.0 Å². The van der Waals surface area contributed by atoms with Crippen molar-refractivity contribution >= 4 is 39.3 Å². The molecule has 1 aromatic carbocycles. The topological polar surface area (TPSA) is 106 Å². The highest BCUT2D eigenvalue weighted by atomic mass is 32.1. The summed E-state index contributed by atoms with van der Waals surface area (Å²) in [5.41, 5.74) is 5.53. The Hall–Kier alpha value is -4.55. The Bertz CT molecular complexity index is 2050. The van der Waals surface area contributed by atoms with Gasteiger partial charge < -0.3 is 28.9 Å². The number of carboxylic acids is 1. The Balaban J connectivity index is 1.38. The number of carbonyl (C=O) groups is 1. The zero-order chi connectivity index (χ0) is 34.6. The second-order valence-corrected chi connectivity index (χ2v) is 14.6. The maximum atomic E-state index is 15.8. The summed E-state index contributed by atoms with van der Waals surface area (Å²) in [7, 11) is 1.95. The van der Waals surface area contributed by atoms with Gasteiger partial charge in [-0.05, 0) is 82.9 Å². The lowest BCUT2D eigenvalue weighted by Crippen LogP contribution is -2.46. The van der Waals surface area contributed by atoms with E-state index in [9.17, 15) is 9.90 Å². The van der Waals surface area contributed by atoms with Gasteiger partial charge in [0.2, 0.25) is 0 Å². The van der Waals surface area contributed by atoms with Gasteiger partial charge in [0, 0.05) is 84.3 Å². The molecule has 6 heterocycles. The van der Waals surface area contributed by atoms with E-state index in [2.05, 4.69) is 20.9 Å². The van der Waals surface area contributed by atoms with Gasteiger partial charge in [-0.3, -0.25) is 0 Å². The molecule has 256 valence electrons. The standard InChI is InChI=1S/C37H41FN6O4S/c1-21-24-8-7-16-47-32(24)27(38)19-25(21)31-26-20-28(42(6)34(26)41-22(2)30(31)33(35(45)46)48-37(3,4)5)23-9-10-39-29(18-23)43-12-14-44(15-13-43)36-40-11-17-49-36/h9-11,17-20,33H,7-8,12-16H2,1-6H3,(H,45,46). The van der Waals surface area contributed by atoms with E-state index in [0.717, 1.165) is 71.3 Å².